The van der Waals surface area contributed by atoms with Crippen LogP contribution in [0.3, 0.4) is 0 Å². The van der Waals surface area contributed by atoms with Gasteiger partial charge in [-0.3, -0.25) is 4.79 Å². The molecule has 2 N–H and O–H groups in total. The molecular formula is C10H12ClNO2. The van der Waals surface area contributed by atoms with Gasteiger partial charge >= 0.3 is 0 Å². The maximum absolute atomic E-state index is 10.7. The van der Waals surface area contributed by atoms with Crippen LogP contribution in [0.4, 0.5) is 0 Å². The fraction of sp³-hybridized carbons (Fsp3) is 0.300. The van der Waals surface area contributed by atoms with Gasteiger partial charge in [-0.25, -0.2) is 0 Å². The van der Waals surface area contributed by atoms with Gasteiger partial charge in [0.25, 0.3) is 0 Å². The molecule has 1 atom stereocenters. The smallest absolute Gasteiger partial charge is 0.246 e. The molecule has 76 valence electrons. The van der Waals surface area contributed by atoms with Crippen molar-refractivity contribution in [3.05, 3.63) is 34.9 Å². The van der Waals surface area contributed by atoms with E-state index in [0.717, 1.165) is 5.56 Å². The molecule has 1 rings (SSSR count). The van der Waals surface area contributed by atoms with Crippen molar-refractivity contribution in [3.63, 3.8) is 0 Å². The van der Waals surface area contributed by atoms with E-state index in [9.17, 15) is 4.79 Å². The van der Waals surface area contributed by atoms with Gasteiger partial charge in [0.2, 0.25) is 5.91 Å². The molecule has 1 unspecified atom stereocenters. The summed E-state index contributed by atoms with van der Waals surface area (Å²) in [5.74, 6) is -0.466. The first-order valence-corrected chi connectivity index (χ1v) is 4.63. The first kappa shape index (κ1) is 11.0. The Kier molecular flexibility index (Phi) is 3.92. The van der Waals surface area contributed by atoms with E-state index in [1.165, 1.54) is 0 Å². The van der Waals surface area contributed by atoms with Crippen molar-refractivity contribution < 1.29 is 9.53 Å². The molecule has 0 aliphatic carbocycles. The van der Waals surface area contributed by atoms with Crippen LogP contribution in [0.1, 0.15) is 12.5 Å². The zero-order valence-electron chi connectivity index (χ0n) is 7.87. The van der Waals surface area contributed by atoms with Gasteiger partial charge in [-0.15, -0.1) is 0 Å². The topological polar surface area (TPSA) is 52.3 Å². The molecule has 4 heteroatoms. The molecule has 14 heavy (non-hydrogen) atoms. The minimum atomic E-state index is -0.575. The Morgan fingerprint density at radius 2 is 2.36 bits per heavy atom. The molecule has 0 aliphatic rings. The third kappa shape index (κ3) is 3.36. The normalized spacial score (nSPS) is 12.4. The second-order valence-electron chi connectivity index (χ2n) is 2.99. The van der Waals surface area contributed by atoms with E-state index >= 15 is 0 Å². The fourth-order valence-corrected chi connectivity index (χ4v) is 1.14. The van der Waals surface area contributed by atoms with Crippen molar-refractivity contribution in [1.29, 1.82) is 0 Å². The van der Waals surface area contributed by atoms with E-state index in [0.29, 0.717) is 11.6 Å². The van der Waals surface area contributed by atoms with Gasteiger partial charge in [-0.2, -0.15) is 0 Å². The Labute approximate surface area is 87.8 Å². The van der Waals surface area contributed by atoms with Gasteiger partial charge in [-0.05, 0) is 24.6 Å². The zero-order valence-corrected chi connectivity index (χ0v) is 8.62. The number of halogens is 1. The molecule has 0 aliphatic heterocycles. The van der Waals surface area contributed by atoms with Gasteiger partial charge in [-0.1, -0.05) is 23.7 Å². The second-order valence-corrected chi connectivity index (χ2v) is 3.42. The van der Waals surface area contributed by atoms with Crippen LogP contribution in [0.5, 0.6) is 0 Å². The lowest BCUT2D eigenvalue weighted by molar-refractivity contribution is -0.129. The number of ether oxygens (including phenoxy) is 1. The van der Waals surface area contributed by atoms with Crippen molar-refractivity contribution in [3.8, 4) is 0 Å². The Balaban J connectivity index is 2.49. The average molecular weight is 214 g/mol. The first-order valence-electron chi connectivity index (χ1n) is 4.25. The largest absolute Gasteiger partial charge is 0.367 e. The van der Waals surface area contributed by atoms with E-state index in [4.69, 9.17) is 22.1 Å². The molecule has 0 saturated heterocycles. The van der Waals surface area contributed by atoms with E-state index in [-0.39, 0.29) is 0 Å². The number of carbonyl (C=O) groups excluding carboxylic acids is 1. The summed E-state index contributed by atoms with van der Waals surface area (Å²) in [6, 6.07) is 7.27. The van der Waals surface area contributed by atoms with Crippen LogP contribution in [0.2, 0.25) is 5.02 Å². The molecule has 0 radical (unpaired) electrons. The number of amides is 1. The van der Waals surface area contributed by atoms with Crippen LogP contribution in [0.25, 0.3) is 0 Å². The summed E-state index contributed by atoms with van der Waals surface area (Å²) in [5.41, 5.74) is 5.96. The minimum absolute atomic E-state index is 0.338. The predicted octanol–water partition coefficient (Wildman–Crippen LogP) is 1.73. The summed E-state index contributed by atoms with van der Waals surface area (Å²) < 4.78 is 5.21. The second kappa shape index (κ2) is 4.98. The average Bonchev–Trinajstić information content (AvgIpc) is 2.14. The van der Waals surface area contributed by atoms with Crippen molar-refractivity contribution in [2.45, 2.75) is 19.6 Å². The first-order chi connectivity index (χ1) is 6.59. The highest BCUT2D eigenvalue weighted by Crippen LogP contribution is 2.11. The minimum Gasteiger partial charge on any atom is -0.367 e. The lowest BCUT2D eigenvalue weighted by Gasteiger charge is -2.09. The van der Waals surface area contributed by atoms with Crippen LogP contribution in [0.15, 0.2) is 24.3 Å². The van der Waals surface area contributed by atoms with Crippen molar-refractivity contribution in [1.82, 2.24) is 0 Å². The molecule has 0 fully saturated rings. The molecule has 1 amide bonds. The van der Waals surface area contributed by atoms with Gasteiger partial charge < -0.3 is 10.5 Å². The number of primary amides is 1. The third-order valence-corrected chi connectivity index (χ3v) is 2.02. The standard InChI is InChI=1S/C10H12ClNO2/c1-7(10(12)13)14-6-8-3-2-4-9(11)5-8/h2-5,7H,6H2,1H3,(H2,12,13). The summed E-state index contributed by atoms with van der Waals surface area (Å²) in [6.07, 6.45) is -0.575. The van der Waals surface area contributed by atoms with Gasteiger partial charge in [0.1, 0.15) is 6.10 Å². The highest BCUT2D eigenvalue weighted by molar-refractivity contribution is 6.30. The summed E-state index contributed by atoms with van der Waals surface area (Å²) in [7, 11) is 0. The molecule has 0 aromatic heterocycles. The fourth-order valence-electron chi connectivity index (χ4n) is 0.930. The highest BCUT2D eigenvalue weighted by Gasteiger charge is 2.08. The third-order valence-electron chi connectivity index (χ3n) is 1.79. The summed E-state index contributed by atoms with van der Waals surface area (Å²) in [4.78, 5) is 10.7. The van der Waals surface area contributed by atoms with Crippen LogP contribution in [-0.4, -0.2) is 12.0 Å². The van der Waals surface area contributed by atoms with Crippen LogP contribution < -0.4 is 5.73 Å². The molecule has 1 aromatic carbocycles. The van der Waals surface area contributed by atoms with Gasteiger partial charge in [0, 0.05) is 5.02 Å². The van der Waals surface area contributed by atoms with E-state index in [1.54, 1.807) is 19.1 Å². The van der Waals surface area contributed by atoms with E-state index < -0.39 is 12.0 Å². The summed E-state index contributed by atoms with van der Waals surface area (Å²) in [6.45, 7) is 1.96. The molecule has 0 heterocycles. The van der Waals surface area contributed by atoms with E-state index in [2.05, 4.69) is 0 Å². The van der Waals surface area contributed by atoms with Gasteiger partial charge in [0.15, 0.2) is 0 Å². The molecule has 0 bridgehead atoms. The van der Waals surface area contributed by atoms with Crippen molar-refractivity contribution in [2.24, 2.45) is 5.73 Å². The van der Waals surface area contributed by atoms with Crippen LogP contribution in [-0.2, 0) is 16.1 Å². The Morgan fingerprint density at radius 1 is 1.64 bits per heavy atom. The number of carbonyl (C=O) groups is 1. The number of benzene rings is 1. The lowest BCUT2D eigenvalue weighted by Crippen LogP contribution is -2.27. The molecule has 3 nitrogen and oxygen atoms in total. The number of nitrogens with two attached hydrogens (primary N) is 1. The molecular weight excluding hydrogens is 202 g/mol. The van der Waals surface area contributed by atoms with Crippen LogP contribution in [0, 0.1) is 0 Å². The monoisotopic (exact) mass is 213 g/mol. The number of rotatable bonds is 4. The van der Waals surface area contributed by atoms with Crippen molar-refractivity contribution >= 4 is 17.5 Å². The van der Waals surface area contributed by atoms with Gasteiger partial charge in [0.05, 0.1) is 6.61 Å². The number of hydrogen-bond donors (Lipinski definition) is 1. The maximum atomic E-state index is 10.7. The zero-order chi connectivity index (χ0) is 10.6. The quantitative estimate of drug-likeness (QED) is 0.828. The van der Waals surface area contributed by atoms with Crippen LogP contribution >= 0.6 is 11.6 Å². The Morgan fingerprint density at radius 3 is 2.93 bits per heavy atom. The Bertz CT molecular complexity index is 328. The van der Waals surface area contributed by atoms with E-state index in [1.807, 2.05) is 12.1 Å². The molecule has 0 spiro atoms. The summed E-state index contributed by atoms with van der Waals surface area (Å²) in [5, 5.41) is 0.651. The van der Waals surface area contributed by atoms with Crippen molar-refractivity contribution in [2.75, 3.05) is 0 Å². The predicted molar refractivity (Wildman–Crippen MR) is 54.9 cm³/mol. The molecule has 0 saturated carbocycles. The SMILES string of the molecule is CC(OCc1cccc(Cl)c1)C(N)=O. The maximum Gasteiger partial charge on any atom is 0.246 e. The number of hydrogen-bond acceptors (Lipinski definition) is 2. The molecule has 1 aromatic rings. The Hall–Kier alpha value is -1.06. The highest BCUT2D eigenvalue weighted by atomic mass is 35.5. The summed E-state index contributed by atoms with van der Waals surface area (Å²) >= 11 is 5.78. The lowest BCUT2D eigenvalue weighted by atomic mass is 10.2.